The third-order valence-electron chi connectivity index (χ3n) is 3.83. The van der Waals surface area contributed by atoms with E-state index < -0.39 is 5.82 Å². The van der Waals surface area contributed by atoms with Crippen molar-refractivity contribution in [3.8, 4) is 0 Å². The van der Waals surface area contributed by atoms with Crippen molar-refractivity contribution in [2.75, 3.05) is 11.6 Å². The minimum Gasteiger partial charge on any atom is -0.349 e. The number of benzene rings is 1. The van der Waals surface area contributed by atoms with E-state index >= 15 is 0 Å². The molecule has 1 fully saturated rings. The minimum atomic E-state index is -0.549. The molecule has 22 heavy (non-hydrogen) atoms. The Kier molecular flexibility index (Phi) is 5.83. The Morgan fingerprint density at radius 2 is 2.09 bits per heavy atom. The van der Waals surface area contributed by atoms with Crippen LogP contribution < -0.4 is 10.6 Å². The Morgan fingerprint density at radius 3 is 2.77 bits per heavy atom. The number of halogens is 1. The number of rotatable bonds is 4. The van der Waals surface area contributed by atoms with Gasteiger partial charge in [0.25, 0.3) is 5.91 Å². The summed E-state index contributed by atoms with van der Waals surface area (Å²) in [5.74, 6) is -1.14. The number of amides is 2. The van der Waals surface area contributed by atoms with Crippen LogP contribution in [0.15, 0.2) is 18.2 Å². The molecule has 2 amide bonds. The summed E-state index contributed by atoms with van der Waals surface area (Å²) in [5.41, 5.74) is 0.391. The van der Waals surface area contributed by atoms with Crippen LogP contribution in [-0.2, 0) is 4.79 Å². The second kappa shape index (κ2) is 7.63. The zero-order valence-electron chi connectivity index (χ0n) is 12.8. The molecule has 0 bridgehead atoms. The Bertz CT molecular complexity index is 565. The van der Waals surface area contributed by atoms with E-state index in [-0.39, 0.29) is 23.5 Å². The molecule has 1 saturated carbocycles. The van der Waals surface area contributed by atoms with Crippen LogP contribution in [0.25, 0.3) is 0 Å². The SMILES string of the molecule is CS[C@@H]1CCC[C@@H](NC(=O)c2ccc(F)c(NC(C)=O)c2)C1. The number of carbonyl (C=O) groups excluding carboxylic acids is 2. The molecule has 1 aromatic carbocycles. The molecule has 1 aliphatic rings. The van der Waals surface area contributed by atoms with Crippen LogP contribution in [0.5, 0.6) is 0 Å². The maximum absolute atomic E-state index is 13.6. The smallest absolute Gasteiger partial charge is 0.251 e. The first-order chi connectivity index (χ1) is 10.5. The van der Waals surface area contributed by atoms with E-state index in [1.54, 1.807) is 0 Å². The Labute approximate surface area is 134 Å². The van der Waals surface area contributed by atoms with Gasteiger partial charge in [-0.2, -0.15) is 11.8 Å². The van der Waals surface area contributed by atoms with Crippen molar-refractivity contribution in [1.29, 1.82) is 0 Å². The van der Waals surface area contributed by atoms with E-state index in [9.17, 15) is 14.0 Å². The summed E-state index contributed by atoms with van der Waals surface area (Å²) in [4.78, 5) is 23.4. The van der Waals surface area contributed by atoms with Crippen molar-refractivity contribution in [3.63, 3.8) is 0 Å². The van der Waals surface area contributed by atoms with Crippen LogP contribution in [0.1, 0.15) is 43.0 Å². The van der Waals surface area contributed by atoms with Crippen molar-refractivity contribution in [3.05, 3.63) is 29.6 Å². The predicted molar refractivity (Wildman–Crippen MR) is 87.7 cm³/mol. The van der Waals surface area contributed by atoms with Gasteiger partial charge in [-0.3, -0.25) is 9.59 Å². The third-order valence-corrected chi connectivity index (χ3v) is 4.93. The van der Waals surface area contributed by atoms with Crippen LogP contribution >= 0.6 is 11.8 Å². The van der Waals surface area contributed by atoms with Crippen molar-refractivity contribution >= 4 is 29.3 Å². The lowest BCUT2D eigenvalue weighted by molar-refractivity contribution is -0.114. The van der Waals surface area contributed by atoms with E-state index in [2.05, 4.69) is 16.9 Å². The molecule has 0 aromatic heterocycles. The molecule has 4 nitrogen and oxygen atoms in total. The average molecular weight is 324 g/mol. The van der Waals surface area contributed by atoms with Crippen LogP contribution in [0, 0.1) is 5.82 Å². The summed E-state index contributed by atoms with van der Waals surface area (Å²) in [5, 5.41) is 5.99. The van der Waals surface area contributed by atoms with Gasteiger partial charge in [-0.25, -0.2) is 4.39 Å². The van der Waals surface area contributed by atoms with Crippen LogP contribution in [0.3, 0.4) is 0 Å². The fourth-order valence-electron chi connectivity index (χ4n) is 2.71. The second-order valence-electron chi connectivity index (χ2n) is 5.57. The van der Waals surface area contributed by atoms with Crippen LogP contribution in [-0.4, -0.2) is 29.4 Å². The molecule has 0 heterocycles. The van der Waals surface area contributed by atoms with E-state index in [4.69, 9.17) is 0 Å². The summed E-state index contributed by atoms with van der Waals surface area (Å²) < 4.78 is 13.6. The van der Waals surface area contributed by atoms with Gasteiger partial charge in [-0.1, -0.05) is 6.42 Å². The number of hydrogen-bond donors (Lipinski definition) is 2. The van der Waals surface area contributed by atoms with Gasteiger partial charge in [0, 0.05) is 23.8 Å². The summed E-state index contributed by atoms with van der Waals surface area (Å²) in [6, 6.07) is 4.17. The lowest BCUT2D eigenvalue weighted by atomic mass is 9.94. The van der Waals surface area contributed by atoms with E-state index in [1.807, 2.05) is 11.8 Å². The summed E-state index contributed by atoms with van der Waals surface area (Å²) in [6.45, 7) is 1.30. The van der Waals surface area contributed by atoms with Gasteiger partial charge >= 0.3 is 0 Å². The average Bonchev–Trinajstić information content (AvgIpc) is 2.49. The maximum Gasteiger partial charge on any atom is 0.251 e. The molecule has 0 aliphatic heterocycles. The van der Waals surface area contributed by atoms with Gasteiger partial charge in [0.05, 0.1) is 5.69 Å². The minimum absolute atomic E-state index is 0.0331. The number of nitrogens with one attached hydrogen (secondary N) is 2. The van der Waals surface area contributed by atoms with Gasteiger partial charge in [-0.15, -0.1) is 0 Å². The molecule has 0 radical (unpaired) electrons. The lowest BCUT2D eigenvalue weighted by Gasteiger charge is -2.28. The van der Waals surface area contributed by atoms with Crippen molar-refractivity contribution in [2.24, 2.45) is 0 Å². The predicted octanol–water partition coefficient (Wildman–Crippen LogP) is 3.19. The fraction of sp³-hybridized carbons (Fsp3) is 0.500. The molecule has 1 aliphatic carbocycles. The van der Waals surface area contributed by atoms with E-state index in [0.717, 1.165) is 19.3 Å². The first-order valence-corrected chi connectivity index (χ1v) is 8.69. The van der Waals surface area contributed by atoms with Gasteiger partial charge in [0.1, 0.15) is 5.82 Å². The van der Waals surface area contributed by atoms with Gasteiger partial charge in [0.15, 0.2) is 0 Å². The molecule has 2 N–H and O–H groups in total. The highest BCUT2D eigenvalue weighted by Gasteiger charge is 2.23. The number of hydrogen-bond acceptors (Lipinski definition) is 3. The quantitative estimate of drug-likeness (QED) is 0.894. The number of thioether (sulfide) groups is 1. The number of carbonyl (C=O) groups is 2. The molecule has 0 spiro atoms. The normalized spacial score (nSPS) is 21.2. The highest BCUT2D eigenvalue weighted by Crippen LogP contribution is 2.27. The van der Waals surface area contributed by atoms with Crippen LogP contribution in [0.4, 0.5) is 10.1 Å². The number of anilines is 1. The molecular weight excluding hydrogens is 303 g/mol. The summed E-state index contributed by atoms with van der Waals surface area (Å²) >= 11 is 1.84. The molecule has 1 aromatic rings. The molecule has 2 rings (SSSR count). The van der Waals surface area contributed by atoms with Crippen molar-refractivity contribution < 1.29 is 14.0 Å². The monoisotopic (exact) mass is 324 g/mol. The molecule has 2 atom stereocenters. The second-order valence-corrected chi connectivity index (χ2v) is 6.71. The van der Waals surface area contributed by atoms with E-state index in [0.29, 0.717) is 10.8 Å². The van der Waals surface area contributed by atoms with Crippen LogP contribution in [0.2, 0.25) is 0 Å². The largest absolute Gasteiger partial charge is 0.349 e. The standard InChI is InChI=1S/C16H21FN2O2S/c1-10(20)18-15-8-11(6-7-14(15)17)16(21)19-12-4-3-5-13(9-12)22-2/h6-8,12-13H,3-5,9H2,1-2H3,(H,18,20)(H,19,21)/t12-,13-/m1/s1. The molecular formula is C16H21FN2O2S. The van der Waals surface area contributed by atoms with Gasteiger partial charge in [-0.05, 0) is 43.7 Å². The summed E-state index contributed by atoms with van der Waals surface area (Å²) in [7, 11) is 0. The fourth-order valence-corrected chi connectivity index (χ4v) is 3.54. The first kappa shape index (κ1) is 16.8. The van der Waals surface area contributed by atoms with Crippen molar-refractivity contribution in [2.45, 2.75) is 43.9 Å². The Morgan fingerprint density at radius 1 is 1.32 bits per heavy atom. The van der Waals surface area contributed by atoms with E-state index in [1.165, 1.54) is 31.5 Å². The molecule has 0 saturated heterocycles. The Hall–Kier alpha value is -1.56. The lowest BCUT2D eigenvalue weighted by Crippen LogP contribution is -2.39. The third kappa shape index (κ3) is 4.47. The molecule has 0 unspecified atom stereocenters. The highest BCUT2D eigenvalue weighted by molar-refractivity contribution is 7.99. The zero-order valence-corrected chi connectivity index (χ0v) is 13.6. The topological polar surface area (TPSA) is 58.2 Å². The highest BCUT2D eigenvalue weighted by atomic mass is 32.2. The van der Waals surface area contributed by atoms with Gasteiger partial charge in [0.2, 0.25) is 5.91 Å². The summed E-state index contributed by atoms with van der Waals surface area (Å²) in [6.07, 6.45) is 6.33. The Balaban J connectivity index is 2.04. The van der Waals surface area contributed by atoms with Crippen molar-refractivity contribution in [1.82, 2.24) is 5.32 Å². The molecule has 120 valence electrons. The van der Waals surface area contributed by atoms with Gasteiger partial charge < -0.3 is 10.6 Å². The first-order valence-electron chi connectivity index (χ1n) is 7.40. The zero-order chi connectivity index (χ0) is 16.1. The molecule has 6 heteroatoms. The maximum atomic E-state index is 13.6.